The van der Waals surface area contributed by atoms with E-state index in [1.54, 1.807) is 6.07 Å². The summed E-state index contributed by atoms with van der Waals surface area (Å²) in [6, 6.07) is 4.23. The minimum absolute atomic E-state index is 0.181. The minimum atomic E-state index is -4.71. The molecule has 3 aliphatic rings. The molecule has 2 saturated carbocycles. The second kappa shape index (κ2) is 9.18. The fourth-order valence-corrected chi connectivity index (χ4v) is 6.71. The molecule has 0 radical (unpaired) electrons. The summed E-state index contributed by atoms with van der Waals surface area (Å²) in [5.74, 6) is 1.80. The fourth-order valence-electron chi connectivity index (χ4n) is 6.71. The molecule has 1 aromatic carbocycles. The Kier molecular flexibility index (Phi) is 6.76. The number of hydrogen-bond acceptors (Lipinski definition) is 1. The summed E-state index contributed by atoms with van der Waals surface area (Å²) in [6.07, 6.45) is 6.42. The lowest BCUT2D eigenvalue weighted by molar-refractivity contribution is -0.354. The lowest BCUT2D eigenvalue weighted by atomic mass is 9.60. The van der Waals surface area contributed by atoms with E-state index in [1.165, 1.54) is 50.7 Å². The number of benzene rings is 1. The molecule has 30 heavy (non-hydrogen) atoms. The van der Waals surface area contributed by atoms with Crippen molar-refractivity contribution < 1.29 is 22.3 Å². The van der Waals surface area contributed by atoms with Crippen LogP contribution in [0.1, 0.15) is 88.4 Å². The Morgan fingerprint density at radius 1 is 0.967 bits per heavy atom. The van der Waals surface area contributed by atoms with Crippen molar-refractivity contribution in [2.75, 3.05) is 0 Å². The van der Waals surface area contributed by atoms with E-state index in [-0.39, 0.29) is 11.8 Å². The first kappa shape index (κ1) is 22.1. The zero-order valence-corrected chi connectivity index (χ0v) is 17.9. The van der Waals surface area contributed by atoms with Crippen molar-refractivity contribution in [3.63, 3.8) is 0 Å². The van der Waals surface area contributed by atoms with Crippen LogP contribution in [0.25, 0.3) is 0 Å². The van der Waals surface area contributed by atoms with Gasteiger partial charge in [-0.1, -0.05) is 38.7 Å². The Hall–Kier alpha value is -1.10. The second-order valence-electron chi connectivity index (χ2n) is 9.94. The predicted molar refractivity (Wildman–Crippen MR) is 109 cm³/mol. The Morgan fingerprint density at radius 3 is 2.47 bits per heavy atom. The molecule has 0 heterocycles. The third kappa shape index (κ3) is 5.03. The molecule has 3 aliphatic carbocycles. The van der Waals surface area contributed by atoms with Gasteiger partial charge in [0.05, 0.1) is 6.10 Å². The zero-order valence-electron chi connectivity index (χ0n) is 17.9. The maximum atomic E-state index is 13.9. The molecular weight excluding hydrogens is 392 g/mol. The highest BCUT2D eigenvalue weighted by molar-refractivity contribution is 5.33. The molecule has 1 nitrogen and oxygen atoms in total. The van der Waals surface area contributed by atoms with Crippen molar-refractivity contribution in [3.05, 3.63) is 35.1 Å². The summed E-state index contributed by atoms with van der Waals surface area (Å²) in [5, 5.41) is 0. The normalized spacial score (nSPS) is 34.3. The third-order valence-electron chi connectivity index (χ3n) is 8.14. The van der Waals surface area contributed by atoms with E-state index in [0.717, 1.165) is 36.7 Å². The third-order valence-corrected chi connectivity index (χ3v) is 8.14. The van der Waals surface area contributed by atoms with Gasteiger partial charge in [-0.15, -0.1) is 13.2 Å². The van der Waals surface area contributed by atoms with E-state index < -0.39 is 18.3 Å². The van der Waals surface area contributed by atoms with Crippen molar-refractivity contribution in [2.24, 2.45) is 29.6 Å². The van der Waals surface area contributed by atoms with Crippen LogP contribution in [0.5, 0.6) is 0 Å². The SMILES string of the molecule is CCCCC1CCC2CC(C3CCc4ccc(F)cc4C3OC(F)(F)F)CCC2C1. The van der Waals surface area contributed by atoms with Crippen LogP contribution in [0.2, 0.25) is 0 Å². The number of fused-ring (bicyclic) bond motifs is 2. The van der Waals surface area contributed by atoms with E-state index in [9.17, 15) is 17.6 Å². The molecule has 0 bridgehead atoms. The lowest BCUT2D eigenvalue weighted by Gasteiger charge is -2.46. The summed E-state index contributed by atoms with van der Waals surface area (Å²) in [5.41, 5.74) is 1.21. The second-order valence-corrected chi connectivity index (χ2v) is 9.94. The maximum absolute atomic E-state index is 13.9. The van der Waals surface area contributed by atoms with Gasteiger partial charge in [0.2, 0.25) is 0 Å². The quantitative estimate of drug-likeness (QED) is 0.434. The van der Waals surface area contributed by atoms with Crippen molar-refractivity contribution in [1.82, 2.24) is 0 Å². The van der Waals surface area contributed by atoms with Crippen LogP contribution >= 0.6 is 0 Å². The number of hydrogen-bond donors (Lipinski definition) is 0. The van der Waals surface area contributed by atoms with E-state index >= 15 is 0 Å². The summed E-state index contributed by atoms with van der Waals surface area (Å²) in [6.45, 7) is 2.24. The van der Waals surface area contributed by atoms with Gasteiger partial charge >= 0.3 is 6.36 Å². The highest BCUT2D eigenvalue weighted by atomic mass is 19.4. The number of aryl methyl sites for hydroxylation is 1. The maximum Gasteiger partial charge on any atom is 0.523 e. The Morgan fingerprint density at radius 2 is 1.70 bits per heavy atom. The molecule has 0 aromatic heterocycles. The molecule has 0 N–H and O–H groups in total. The molecule has 0 amide bonds. The van der Waals surface area contributed by atoms with Crippen molar-refractivity contribution in [1.29, 1.82) is 0 Å². The molecule has 6 unspecified atom stereocenters. The molecular formula is C25H34F4O. The molecule has 168 valence electrons. The summed E-state index contributed by atoms with van der Waals surface area (Å²) in [4.78, 5) is 0. The lowest BCUT2D eigenvalue weighted by Crippen LogP contribution is -2.38. The van der Waals surface area contributed by atoms with Crippen LogP contribution in [-0.2, 0) is 11.2 Å². The molecule has 0 saturated heterocycles. The van der Waals surface area contributed by atoms with Gasteiger partial charge in [-0.3, -0.25) is 4.74 Å². The molecule has 4 rings (SSSR count). The average molecular weight is 427 g/mol. The van der Waals surface area contributed by atoms with Crippen molar-refractivity contribution in [2.45, 2.75) is 90.0 Å². The smallest absolute Gasteiger partial charge is 0.283 e. The van der Waals surface area contributed by atoms with Crippen molar-refractivity contribution >= 4 is 0 Å². The van der Waals surface area contributed by atoms with Crippen LogP contribution in [0, 0.1) is 35.4 Å². The highest BCUT2D eigenvalue weighted by Gasteiger charge is 2.45. The Bertz CT molecular complexity index is 716. The van der Waals surface area contributed by atoms with Gasteiger partial charge in [0.1, 0.15) is 5.82 Å². The fraction of sp³-hybridized carbons (Fsp3) is 0.760. The van der Waals surface area contributed by atoms with Crippen LogP contribution < -0.4 is 0 Å². The van der Waals surface area contributed by atoms with Crippen LogP contribution in [0.3, 0.4) is 0 Å². The largest absolute Gasteiger partial charge is 0.523 e. The van der Waals surface area contributed by atoms with Gasteiger partial charge in [0, 0.05) is 0 Å². The molecule has 0 spiro atoms. The Labute approximate surface area is 177 Å². The number of alkyl halides is 3. The van der Waals surface area contributed by atoms with Crippen LogP contribution in [0.4, 0.5) is 17.6 Å². The molecule has 0 aliphatic heterocycles. The van der Waals surface area contributed by atoms with Crippen LogP contribution in [-0.4, -0.2) is 6.36 Å². The Balaban J connectivity index is 1.48. The van der Waals surface area contributed by atoms with Gasteiger partial charge in [0.25, 0.3) is 0 Å². The number of rotatable bonds is 5. The summed E-state index contributed by atoms with van der Waals surface area (Å²) >= 11 is 0. The van der Waals surface area contributed by atoms with Gasteiger partial charge in [-0.25, -0.2) is 4.39 Å². The molecule has 5 heteroatoms. The number of ether oxygens (including phenoxy) is 1. The first-order valence-electron chi connectivity index (χ1n) is 11.9. The van der Waals surface area contributed by atoms with Crippen LogP contribution in [0.15, 0.2) is 18.2 Å². The number of halogens is 4. The van der Waals surface area contributed by atoms with Gasteiger partial charge < -0.3 is 0 Å². The first-order valence-corrected chi connectivity index (χ1v) is 11.9. The molecule has 1 aromatic rings. The first-order chi connectivity index (χ1) is 14.3. The summed E-state index contributed by atoms with van der Waals surface area (Å²) in [7, 11) is 0. The van der Waals surface area contributed by atoms with E-state index in [2.05, 4.69) is 11.7 Å². The van der Waals surface area contributed by atoms with Gasteiger partial charge in [-0.05, 0) is 97.8 Å². The van der Waals surface area contributed by atoms with Crippen molar-refractivity contribution in [3.8, 4) is 0 Å². The predicted octanol–water partition coefficient (Wildman–Crippen LogP) is 7.99. The average Bonchev–Trinajstić information content (AvgIpc) is 2.71. The minimum Gasteiger partial charge on any atom is -0.283 e. The monoisotopic (exact) mass is 426 g/mol. The number of unbranched alkanes of at least 4 members (excludes halogenated alkanes) is 1. The molecule has 2 fully saturated rings. The van der Waals surface area contributed by atoms with Gasteiger partial charge in [0.15, 0.2) is 0 Å². The standard InChI is InChI=1S/C25H34F4O/c1-2-3-4-16-5-6-19-14-20(8-7-18(19)13-16)22-12-10-17-9-11-21(26)15-23(17)24(22)30-25(27,28)29/h9,11,15-16,18-20,22,24H,2-8,10,12-14H2,1H3. The summed E-state index contributed by atoms with van der Waals surface area (Å²) < 4.78 is 58.4. The van der Waals surface area contributed by atoms with E-state index in [1.807, 2.05) is 0 Å². The van der Waals surface area contributed by atoms with E-state index in [4.69, 9.17) is 0 Å². The highest BCUT2D eigenvalue weighted by Crippen LogP contribution is 2.52. The molecule has 6 atom stereocenters. The topological polar surface area (TPSA) is 9.23 Å². The zero-order chi connectivity index (χ0) is 21.3. The van der Waals surface area contributed by atoms with Gasteiger partial charge in [-0.2, -0.15) is 0 Å². The van der Waals surface area contributed by atoms with E-state index in [0.29, 0.717) is 24.3 Å².